The summed E-state index contributed by atoms with van der Waals surface area (Å²) in [5.74, 6) is 2.87. The Morgan fingerprint density at radius 1 is 0.926 bits per heavy atom. The highest BCUT2D eigenvalue weighted by Crippen LogP contribution is 2.34. The van der Waals surface area contributed by atoms with Crippen molar-refractivity contribution in [3.8, 4) is 17.2 Å². The molecule has 6 heteroatoms. The summed E-state index contributed by atoms with van der Waals surface area (Å²) < 4.78 is 13.0. The van der Waals surface area contributed by atoms with E-state index in [1.54, 1.807) is 12.4 Å². The molecular weight excluding hydrogens is 340 g/mol. The number of imidazole rings is 1. The van der Waals surface area contributed by atoms with Crippen molar-refractivity contribution in [2.24, 2.45) is 0 Å². The van der Waals surface area contributed by atoms with Crippen molar-refractivity contribution in [1.82, 2.24) is 19.5 Å². The van der Waals surface area contributed by atoms with Crippen LogP contribution < -0.4 is 9.47 Å². The molecule has 3 heterocycles. The van der Waals surface area contributed by atoms with Crippen LogP contribution in [0, 0.1) is 0 Å². The Kier molecular flexibility index (Phi) is 3.74. The molecule has 4 aromatic rings. The number of hydrogen-bond donors (Lipinski definition) is 0. The van der Waals surface area contributed by atoms with Crippen molar-refractivity contribution >= 4 is 11.0 Å². The standard InChI is InChI=1S/C21H18N4O2/c1-14(10-15-2-5-19-20(11-15)27-13-26-19)21-24-8-9-25(21)16-3-4-17-18(12-16)23-7-6-22-17/h2-9,11-12,14H,10,13H2,1H3. The minimum atomic E-state index is 0.234. The monoisotopic (exact) mass is 358 g/mol. The smallest absolute Gasteiger partial charge is 0.231 e. The molecule has 134 valence electrons. The highest BCUT2D eigenvalue weighted by molar-refractivity contribution is 5.76. The van der Waals surface area contributed by atoms with E-state index in [1.165, 1.54) is 5.56 Å². The second-order valence-electron chi connectivity index (χ2n) is 6.68. The van der Waals surface area contributed by atoms with Crippen LogP contribution in [0.4, 0.5) is 0 Å². The summed E-state index contributed by atoms with van der Waals surface area (Å²) in [6, 6.07) is 12.2. The second-order valence-corrected chi connectivity index (χ2v) is 6.68. The maximum atomic E-state index is 5.49. The summed E-state index contributed by atoms with van der Waals surface area (Å²) in [6.45, 7) is 2.48. The molecule has 0 radical (unpaired) electrons. The van der Waals surface area contributed by atoms with Gasteiger partial charge in [-0.2, -0.15) is 0 Å². The molecule has 0 saturated heterocycles. The van der Waals surface area contributed by atoms with Gasteiger partial charge < -0.3 is 14.0 Å². The average Bonchev–Trinajstić information content (AvgIpc) is 3.36. The van der Waals surface area contributed by atoms with Crippen LogP contribution in [-0.4, -0.2) is 26.3 Å². The fraction of sp³-hybridized carbons (Fsp3) is 0.190. The summed E-state index contributed by atoms with van der Waals surface area (Å²) in [5, 5.41) is 0. The van der Waals surface area contributed by atoms with Gasteiger partial charge in [-0.1, -0.05) is 13.0 Å². The first-order chi connectivity index (χ1) is 13.3. The minimum absolute atomic E-state index is 0.234. The maximum absolute atomic E-state index is 5.49. The highest BCUT2D eigenvalue weighted by Gasteiger charge is 2.17. The van der Waals surface area contributed by atoms with Crippen molar-refractivity contribution in [3.63, 3.8) is 0 Å². The molecule has 0 N–H and O–H groups in total. The highest BCUT2D eigenvalue weighted by atomic mass is 16.7. The van der Waals surface area contributed by atoms with Gasteiger partial charge >= 0.3 is 0 Å². The minimum Gasteiger partial charge on any atom is -0.454 e. The molecule has 27 heavy (non-hydrogen) atoms. The van der Waals surface area contributed by atoms with Gasteiger partial charge in [0.05, 0.1) is 11.0 Å². The Balaban J connectivity index is 1.45. The largest absolute Gasteiger partial charge is 0.454 e. The summed E-state index contributed by atoms with van der Waals surface area (Å²) in [6.07, 6.45) is 8.11. The summed E-state index contributed by atoms with van der Waals surface area (Å²) in [4.78, 5) is 13.4. The molecule has 1 atom stereocenters. The van der Waals surface area contributed by atoms with Crippen LogP contribution in [0.1, 0.15) is 24.2 Å². The topological polar surface area (TPSA) is 62.1 Å². The zero-order valence-electron chi connectivity index (χ0n) is 14.9. The third kappa shape index (κ3) is 2.89. The lowest BCUT2D eigenvalue weighted by atomic mass is 10.00. The number of ether oxygens (including phenoxy) is 2. The van der Waals surface area contributed by atoms with Crippen molar-refractivity contribution in [3.05, 3.63) is 72.6 Å². The molecule has 1 unspecified atom stereocenters. The van der Waals surface area contributed by atoms with Crippen LogP contribution in [0.5, 0.6) is 11.5 Å². The summed E-state index contributed by atoms with van der Waals surface area (Å²) in [7, 11) is 0. The summed E-state index contributed by atoms with van der Waals surface area (Å²) in [5.41, 5.74) is 3.99. The van der Waals surface area contributed by atoms with Crippen LogP contribution >= 0.6 is 0 Å². The first-order valence-corrected chi connectivity index (χ1v) is 8.91. The van der Waals surface area contributed by atoms with E-state index < -0.39 is 0 Å². The van der Waals surface area contributed by atoms with Crippen LogP contribution in [0.15, 0.2) is 61.2 Å². The quantitative estimate of drug-likeness (QED) is 0.554. The molecule has 0 saturated carbocycles. The molecule has 6 nitrogen and oxygen atoms in total. The molecule has 0 fully saturated rings. The van der Waals surface area contributed by atoms with E-state index in [-0.39, 0.29) is 5.92 Å². The number of hydrogen-bond acceptors (Lipinski definition) is 5. The van der Waals surface area contributed by atoms with Crippen molar-refractivity contribution in [2.45, 2.75) is 19.3 Å². The predicted molar refractivity (Wildman–Crippen MR) is 101 cm³/mol. The van der Waals surface area contributed by atoms with Gasteiger partial charge in [0.2, 0.25) is 6.79 Å². The predicted octanol–water partition coefficient (Wildman–Crippen LogP) is 3.89. The molecule has 2 aromatic heterocycles. The van der Waals surface area contributed by atoms with E-state index in [1.807, 2.05) is 30.6 Å². The van der Waals surface area contributed by atoms with Crippen LogP contribution in [-0.2, 0) is 6.42 Å². The number of benzene rings is 2. The summed E-state index contributed by atoms with van der Waals surface area (Å²) >= 11 is 0. The van der Waals surface area contributed by atoms with Gasteiger partial charge in [0.15, 0.2) is 11.5 Å². The zero-order chi connectivity index (χ0) is 18.2. The van der Waals surface area contributed by atoms with Gasteiger partial charge in [-0.05, 0) is 42.3 Å². The molecule has 0 amide bonds. The Morgan fingerprint density at radius 2 is 1.78 bits per heavy atom. The van der Waals surface area contributed by atoms with Crippen molar-refractivity contribution in [2.75, 3.05) is 6.79 Å². The van der Waals surface area contributed by atoms with Gasteiger partial charge in [0.1, 0.15) is 5.82 Å². The van der Waals surface area contributed by atoms with E-state index in [4.69, 9.17) is 9.47 Å². The number of fused-ring (bicyclic) bond motifs is 2. The molecule has 1 aliphatic heterocycles. The van der Waals surface area contributed by atoms with E-state index in [9.17, 15) is 0 Å². The van der Waals surface area contributed by atoms with Crippen LogP contribution in [0.3, 0.4) is 0 Å². The van der Waals surface area contributed by atoms with Crippen molar-refractivity contribution < 1.29 is 9.47 Å². The fourth-order valence-corrected chi connectivity index (χ4v) is 3.51. The van der Waals surface area contributed by atoms with Gasteiger partial charge in [-0.3, -0.25) is 9.97 Å². The first kappa shape index (κ1) is 15.8. The molecule has 1 aliphatic rings. The molecule has 0 bridgehead atoms. The Labute approximate surface area is 156 Å². The molecular formula is C21H18N4O2. The number of rotatable bonds is 4. The third-order valence-electron chi connectivity index (χ3n) is 4.82. The van der Waals surface area contributed by atoms with Gasteiger partial charge in [0.25, 0.3) is 0 Å². The molecule has 0 aliphatic carbocycles. The fourth-order valence-electron chi connectivity index (χ4n) is 3.51. The third-order valence-corrected chi connectivity index (χ3v) is 4.82. The number of nitrogens with zero attached hydrogens (tertiary/aromatic N) is 4. The van der Waals surface area contributed by atoms with Crippen LogP contribution in [0.2, 0.25) is 0 Å². The maximum Gasteiger partial charge on any atom is 0.231 e. The lowest BCUT2D eigenvalue weighted by Crippen LogP contribution is -2.07. The van der Waals surface area contributed by atoms with Gasteiger partial charge in [-0.15, -0.1) is 0 Å². The number of aromatic nitrogens is 4. The van der Waals surface area contributed by atoms with Crippen molar-refractivity contribution in [1.29, 1.82) is 0 Å². The first-order valence-electron chi connectivity index (χ1n) is 8.91. The lowest BCUT2D eigenvalue weighted by Gasteiger charge is -2.15. The van der Waals surface area contributed by atoms with E-state index >= 15 is 0 Å². The average molecular weight is 358 g/mol. The Morgan fingerprint density at radius 3 is 2.70 bits per heavy atom. The van der Waals surface area contributed by atoms with E-state index in [0.717, 1.165) is 40.5 Å². The molecule has 5 rings (SSSR count). The van der Waals surface area contributed by atoms with E-state index in [0.29, 0.717) is 6.79 Å². The molecule has 0 spiro atoms. The lowest BCUT2D eigenvalue weighted by molar-refractivity contribution is 0.174. The Bertz CT molecular complexity index is 1120. The second kappa shape index (κ2) is 6.39. The van der Waals surface area contributed by atoms with E-state index in [2.05, 4.69) is 44.6 Å². The molecule has 2 aromatic carbocycles. The Hall–Kier alpha value is -3.41. The normalized spacial score (nSPS) is 13.8. The van der Waals surface area contributed by atoms with Gasteiger partial charge in [-0.25, -0.2) is 4.98 Å². The zero-order valence-corrected chi connectivity index (χ0v) is 14.9. The van der Waals surface area contributed by atoms with Gasteiger partial charge in [0, 0.05) is 36.4 Å². The SMILES string of the molecule is CC(Cc1ccc2c(c1)OCO2)c1nccn1-c1ccc2nccnc2c1. The van der Waals surface area contributed by atoms with Crippen LogP contribution in [0.25, 0.3) is 16.7 Å².